The Morgan fingerprint density at radius 2 is 1.07 bits per heavy atom. The molecule has 2 heterocycles. The molecule has 61 heavy (non-hydrogen) atoms. The third-order valence-corrected chi connectivity index (χ3v) is 8.46. The first kappa shape index (κ1) is 45.4. The van der Waals surface area contributed by atoms with E-state index in [1.807, 2.05) is 0 Å². The van der Waals surface area contributed by atoms with Gasteiger partial charge in [0.05, 0.1) is 73.7 Å². The molecule has 0 amide bonds. The zero-order chi connectivity index (χ0) is 44.0. The number of nitrogens with zero attached hydrogens (tertiary/aromatic N) is 10. The van der Waals surface area contributed by atoms with E-state index in [0.717, 1.165) is 24.6 Å². The Kier molecular flexibility index (Phi) is 14.1. The fourth-order valence-corrected chi connectivity index (χ4v) is 5.48. The van der Waals surface area contributed by atoms with Crippen molar-refractivity contribution in [2.75, 3.05) is 7.11 Å². The average Bonchev–Trinajstić information content (AvgIpc) is 3.67. The predicted octanol–water partition coefficient (Wildman–Crippen LogP) is 5.82. The second kappa shape index (κ2) is 19.0. The molecule has 0 fully saturated rings. The van der Waals surface area contributed by atoms with Crippen molar-refractivity contribution in [2.45, 2.75) is 20.5 Å². The number of non-ortho nitro benzene ring substituents is 2. The topological polar surface area (TPSA) is 343 Å². The summed E-state index contributed by atoms with van der Waals surface area (Å²) in [6, 6.07) is 16.5. The van der Waals surface area contributed by atoms with Gasteiger partial charge in [-0.15, -0.1) is 0 Å². The molecule has 0 unspecified atom stereocenters. The van der Waals surface area contributed by atoms with Gasteiger partial charge in [0.25, 0.3) is 11.4 Å². The van der Waals surface area contributed by atoms with E-state index < -0.39 is 65.3 Å². The number of rotatable bonds is 12. The van der Waals surface area contributed by atoms with E-state index in [1.54, 1.807) is 62.4 Å². The summed E-state index contributed by atoms with van der Waals surface area (Å²) >= 11 is 0. The van der Waals surface area contributed by atoms with Crippen molar-refractivity contribution in [2.24, 2.45) is 9.98 Å². The third-order valence-electron chi connectivity index (χ3n) is 8.46. The second-order valence-corrected chi connectivity index (χ2v) is 12.1. The van der Waals surface area contributed by atoms with Crippen molar-refractivity contribution in [3.8, 4) is 40.4 Å². The van der Waals surface area contributed by atoms with Gasteiger partial charge in [0.1, 0.15) is 22.8 Å². The van der Waals surface area contributed by atoms with Gasteiger partial charge in [-0.05, 0) is 32.0 Å². The maximum absolute atomic E-state index is 11.1. The molecule has 0 saturated carbocycles. The largest absolute Gasteiger partial charge is 0.501 e. The summed E-state index contributed by atoms with van der Waals surface area (Å²) < 4.78 is 7.65. The van der Waals surface area contributed by atoms with Gasteiger partial charge < -0.3 is 30.3 Å². The van der Waals surface area contributed by atoms with Crippen LogP contribution in [-0.2, 0) is 23.4 Å². The Balaban J connectivity index is 0.000000264. The minimum absolute atomic E-state index is 0. The fraction of sp³-hybridized carbons (Fsp3) is 0.111. The molecular formula is C36H30CoN10O14. The van der Waals surface area contributed by atoms with E-state index in [1.165, 1.54) is 16.5 Å². The smallest absolute Gasteiger partial charge is 0.319 e. The van der Waals surface area contributed by atoms with Gasteiger partial charge in [-0.2, -0.15) is 14.9 Å². The number of hydrogen-bond donors (Lipinski definition) is 5. The Morgan fingerprint density at radius 1 is 0.656 bits per heavy atom. The van der Waals surface area contributed by atoms with Crippen LogP contribution in [-0.4, -0.2) is 84.3 Å². The summed E-state index contributed by atoms with van der Waals surface area (Å²) in [4.78, 5) is 48.3. The first-order valence-electron chi connectivity index (χ1n) is 16.8. The van der Waals surface area contributed by atoms with Crippen LogP contribution in [0.1, 0.15) is 28.1 Å². The molecule has 25 heteroatoms. The van der Waals surface area contributed by atoms with Gasteiger partial charge in [-0.25, -0.2) is 4.68 Å². The van der Waals surface area contributed by atoms with Gasteiger partial charge in [0.15, 0.2) is 0 Å². The van der Waals surface area contributed by atoms with Crippen molar-refractivity contribution in [1.29, 1.82) is 0 Å². The Bertz CT molecular complexity index is 2560. The number of ether oxygens (including phenoxy) is 1. The Hall–Kier alpha value is -8.29. The second-order valence-electron chi connectivity index (χ2n) is 12.1. The van der Waals surface area contributed by atoms with Crippen LogP contribution in [0.15, 0.2) is 82.8 Å². The van der Waals surface area contributed by atoms with Crippen molar-refractivity contribution in [3.63, 3.8) is 0 Å². The number of aliphatic hydroxyl groups excluding tert-OH is 1. The van der Waals surface area contributed by atoms with Crippen LogP contribution >= 0.6 is 0 Å². The van der Waals surface area contributed by atoms with Crippen LogP contribution in [0.3, 0.4) is 0 Å². The molecule has 24 nitrogen and oxygen atoms in total. The van der Waals surface area contributed by atoms with E-state index in [4.69, 9.17) is 4.74 Å². The molecule has 0 aliphatic heterocycles. The number of aromatic nitrogens is 4. The summed E-state index contributed by atoms with van der Waals surface area (Å²) in [6.07, 6.45) is 2.18. The van der Waals surface area contributed by atoms with E-state index in [0.29, 0.717) is 46.2 Å². The molecule has 0 aliphatic carbocycles. The van der Waals surface area contributed by atoms with E-state index in [9.17, 15) is 66.0 Å². The molecule has 0 saturated heterocycles. The van der Waals surface area contributed by atoms with Crippen LogP contribution < -0.4 is 4.74 Å². The minimum atomic E-state index is -0.964. The molecule has 6 rings (SSSR count). The van der Waals surface area contributed by atoms with Gasteiger partial charge in [0, 0.05) is 46.9 Å². The monoisotopic (exact) mass is 885 g/mol. The van der Waals surface area contributed by atoms with E-state index in [-0.39, 0.29) is 46.3 Å². The van der Waals surface area contributed by atoms with Crippen LogP contribution in [0.4, 0.5) is 34.1 Å². The molecule has 0 aliphatic rings. The summed E-state index contributed by atoms with van der Waals surface area (Å²) in [5, 5.41) is 103. The molecule has 0 spiro atoms. The number of aliphatic imine (C=N–C) groups is 2. The van der Waals surface area contributed by atoms with Crippen LogP contribution in [0.2, 0.25) is 0 Å². The third kappa shape index (κ3) is 9.54. The van der Waals surface area contributed by atoms with Crippen molar-refractivity contribution in [3.05, 3.63) is 141 Å². The standard InChI is InChI=1S/2C18H15N5O7.Co/c1-10-12(18(25)21(20-10)14-5-3-4-6-16(14)30-2)9-19-13-7-11(22(26)27)8-15(17(13)24)23(28)29;1-10-13(18(26)21(20-10)15-5-3-2-4-11(15)9-24)8-19-14-6-12(22(27)28)7-16(17(14)25)23(29)30;/h3-9,24-25H,1-2H3;2-8,24-26H,9H2,1H3;. The van der Waals surface area contributed by atoms with E-state index >= 15 is 0 Å². The number of para-hydroxylation sites is 3. The van der Waals surface area contributed by atoms with Crippen LogP contribution in [0, 0.1) is 54.3 Å². The maximum Gasteiger partial charge on any atom is 0.319 e. The number of nitro benzene ring substituents is 4. The Morgan fingerprint density at radius 3 is 1.48 bits per heavy atom. The zero-order valence-corrected chi connectivity index (χ0v) is 32.5. The molecule has 0 bridgehead atoms. The number of phenols is 2. The number of aromatic hydroxyl groups is 4. The number of aliphatic hydroxyl groups is 1. The Labute approximate surface area is 351 Å². The predicted molar refractivity (Wildman–Crippen MR) is 210 cm³/mol. The molecule has 6 aromatic rings. The number of nitro groups is 4. The summed E-state index contributed by atoms with van der Waals surface area (Å²) in [5.74, 6) is -1.88. The molecule has 0 atom stereocenters. The summed E-state index contributed by atoms with van der Waals surface area (Å²) in [7, 11) is 1.46. The van der Waals surface area contributed by atoms with Gasteiger partial charge >= 0.3 is 11.4 Å². The number of hydrogen-bond acceptors (Lipinski definition) is 18. The fourth-order valence-electron chi connectivity index (χ4n) is 5.48. The average molecular weight is 886 g/mol. The summed E-state index contributed by atoms with van der Waals surface area (Å²) in [5.41, 5.74) is -1.47. The molecule has 2 aromatic heterocycles. The number of methoxy groups -OCH3 is 1. The zero-order valence-electron chi connectivity index (χ0n) is 31.5. The number of phenolic OH excluding ortho intramolecular Hbond substituents is 2. The van der Waals surface area contributed by atoms with Crippen LogP contribution in [0.25, 0.3) is 11.4 Å². The maximum atomic E-state index is 11.1. The first-order valence-corrected chi connectivity index (χ1v) is 16.8. The molecule has 5 N–H and O–H groups in total. The van der Waals surface area contributed by atoms with Crippen molar-refractivity contribution in [1.82, 2.24) is 19.6 Å². The van der Waals surface area contributed by atoms with Gasteiger partial charge in [-0.1, -0.05) is 30.3 Å². The van der Waals surface area contributed by atoms with Gasteiger partial charge in [0.2, 0.25) is 23.3 Å². The van der Waals surface area contributed by atoms with E-state index in [2.05, 4.69) is 20.2 Å². The quantitative estimate of drug-likeness (QED) is 0.0549. The van der Waals surface area contributed by atoms with Crippen LogP contribution in [0.5, 0.6) is 29.0 Å². The first-order chi connectivity index (χ1) is 28.5. The summed E-state index contributed by atoms with van der Waals surface area (Å²) in [6.45, 7) is 2.86. The van der Waals surface area contributed by atoms with Crippen molar-refractivity contribution >= 4 is 46.6 Å². The molecule has 1 radical (unpaired) electrons. The molecule has 317 valence electrons. The molecular weight excluding hydrogens is 855 g/mol. The minimum Gasteiger partial charge on any atom is -0.501 e. The van der Waals surface area contributed by atoms with Gasteiger partial charge in [-0.3, -0.25) is 50.4 Å². The normalized spacial score (nSPS) is 10.9. The van der Waals surface area contributed by atoms with Crippen molar-refractivity contribution < 1.29 is 66.7 Å². The number of aryl methyl sites for hydroxylation is 2. The SMILES string of the molecule is COc1ccccc1-n1nc(C)c(C=Nc2cc([N+](=O)[O-])cc([N+](=O)[O-])c2O)c1O.Cc1nn(-c2ccccc2CO)c(O)c1C=Nc1cc([N+](=O)[O-])cc([N+](=O)[O-])c1O.[Co]. The number of benzene rings is 4. The molecule has 4 aromatic carbocycles.